The van der Waals surface area contributed by atoms with Crippen molar-refractivity contribution in [1.82, 2.24) is 5.32 Å². The lowest BCUT2D eigenvalue weighted by Crippen LogP contribution is -2.32. The summed E-state index contributed by atoms with van der Waals surface area (Å²) in [5.74, 6) is 0. The van der Waals surface area contributed by atoms with E-state index >= 15 is 0 Å². The smallest absolute Gasteiger partial charge is 0.314 e. The van der Waals surface area contributed by atoms with Crippen molar-refractivity contribution in [1.29, 1.82) is 0 Å². The molecule has 0 fully saturated rings. The molecule has 0 saturated carbocycles. The Balaban J connectivity index is 2.51. The summed E-state index contributed by atoms with van der Waals surface area (Å²) < 4.78 is 36.7. The molecule has 0 amide bonds. The maximum absolute atomic E-state index is 12.2. The van der Waals surface area contributed by atoms with E-state index in [9.17, 15) is 13.2 Å². The van der Waals surface area contributed by atoms with E-state index in [4.69, 9.17) is 0 Å². The van der Waals surface area contributed by atoms with E-state index in [1.54, 1.807) is 11.3 Å². The fourth-order valence-corrected chi connectivity index (χ4v) is 2.91. The highest BCUT2D eigenvalue weighted by Gasteiger charge is 2.28. The number of hydrogen-bond donors (Lipinski definition) is 1. The van der Waals surface area contributed by atoms with E-state index in [1.165, 1.54) is 9.75 Å². The molecular formula is C13H20F3NS. The van der Waals surface area contributed by atoms with Crippen LogP contribution >= 0.6 is 11.3 Å². The van der Waals surface area contributed by atoms with Crippen LogP contribution in [0.3, 0.4) is 0 Å². The normalized spacial score (nSPS) is 13.8. The Morgan fingerprint density at radius 1 is 1.22 bits per heavy atom. The Bertz CT molecular complexity index is 346. The third kappa shape index (κ3) is 5.87. The molecule has 0 aliphatic heterocycles. The van der Waals surface area contributed by atoms with Crippen molar-refractivity contribution in [3.63, 3.8) is 0 Å². The maximum Gasteiger partial charge on any atom is 0.389 e. The van der Waals surface area contributed by atoms with Gasteiger partial charge in [0, 0.05) is 22.2 Å². The number of rotatable bonds is 7. The first-order chi connectivity index (χ1) is 8.44. The van der Waals surface area contributed by atoms with Gasteiger partial charge in [0.05, 0.1) is 0 Å². The third-order valence-corrected chi connectivity index (χ3v) is 4.03. The van der Waals surface area contributed by atoms with Gasteiger partial charge in [-0.3, -0.25) is 0 Å². The van der Waals surface area contributed by atoms with Gasteiger partial charge in [0.2, 0.25) is 0 Å². The molecule has 0 aromatic carbocycles. The van der Waals surface area contributed by atoms with Crippen molar-refractivity contribution in [3.05, 3.63) is 21.9 Å². The second-order valence-electron chi connectivity index (χ2n) is 4.33. The Hall–Kier alpha value is -0.550. The second kappa shape index (κ2) is 7.14. The molecule has 0 saturated heterocycles. The van der Waals surface area contributed by atoms with Crippen molar-refractivity contribution < 1.29 is 13.2 Å². The van der Waals surface area contributed by atoms with Gasteiger partial charge in [-0.1, -0.05) is 13.8 Å². The van der Waals surface area contributed by atoms with Crippen LogP contribution < -0.4 is 5.32 Å². The van der Waals surface area contributed by atoms with Crippen LogP contribution in [-0.2, 0) is 12.8 Å². The van der Waals surface area contributed by atoms with Gasteiger partial charge in [-0.05, 0) is 37.9 Å². The van der Waals surface area contributed by atoms with Crippen LogP contribution in [0.15, 0.2) is 12.1 Å². The minimum atomic E-state index is -4.06. The highest BCUT2D eigenvalue weighted by atomic mass is 32.1. The Morgan fingerprint density at radius 3 is 2.39 bits per heavy atom. The lowest BCUT2D eigenvalue weighted by atomic mass is 10.1. The van der Waals surface area contributed by atoms with Crippen molar-refractivity contribution in [3.8, 4) is 0 Å². The van der Waals surface area contributed by atoms with Gasteiger partial charge in [0.25, 0.3) is 0 Å². The average molecular weight is 279 g/mol. The molecule has 1 atom stereocenters. The molecule has 1 N–H and O–H groups in total. The molecule has 0 bridgehead atoms. The Labute approximate surface area is 110 Å². The van der Waals surface area contributed by atoms with Crippen LogP contribution in [0.25, 0.3) is 0 Å². The summed E-state index contributed by atoms with van der Waals surface area (Å²) in [4.78, 5) is 2.45. The van der Waals surface area contributed by atoms with Gasteiger partial charge in [-0.2, -0.15) is 13.2 Å². The number of halogens is 3. The minimum Gasteiger partial charge on any atom is -0.314 e. The summed E-state index contributed by atoms with van der Waals surface area (Å²) in [6.07, 6.45) is -2.95. The zero-order valence-corrected chi connectivity index (χ0v) is 11.6. The van der Waals surface area contributed by atoms with E-state index in [0.29, 0.717) is 13.0 Å². The predicted molar refractivity (Wildman–Crippen MR) is 70.2 cm³/mol. The van der Waals surface area contributed by atoms with Gasteiger partial charge < -0.3 is 5.32 Å². The summed E-state index contributed by atoms with van der Waals surface area (Å²) in [7, 11) is 0. The van der Waals surface area contributed by atoms with Gasteiger partial charge in [-0.15, -0.1) is 11.3 Å². The highest BCUT2D eigenvalue weighted by Crippen LogP contribution is 2.24. The average Bonchev–Trinajstić information content (AvgIpc) is 2.73. The molecule has 5 heteroatoms. The van der Waals surface area contributed by atoms with E-state index in [2.05, 4.69) is 18.3 Å². The molecule has 0 aliphatic carbocycles. The molecule has 1 aromatic rings. The monoisotopic (exact) mass is 279 g/mol. The third-order valence-electron chi connectivity index (χ3n) is 2.78. The standard InChI is InChI=1S/C13H20F3NS/c1-3-11-5-6-12(18-11)9-10(17-4-2)7-8-13(14,15)16/h5-6,10,17H,3-4,7-9H2,1-2H3. The lowest BCUT2D eigenvalue weighted by Gasteiger charge is -2.18. The fraction of sp³-hybridized carbons (Fsp3) is 0.692. The van der Waals surface area contributed by atoms with Crippen LogP contribution in [0.5, 0.6) is 0 Å². The molecule has 0 aliphatic rings. The molecule has 1 rings (SSSR count). The van der Waals surface area contributed by atoms with E-state index in [0.717, 1.165) is 6.42 Å². The number of nitrogens with one attached hydrogen (secondary N) is 1. The number of aryl methyl sites for hydroxylation is 1. The number of thiophene rings is 1. The largest absolute Gasteiger partial charge is 0.389 e. The van der Waals surface area contributed by atoms with Crippen LogP contribution in [-0.4, -0.2) is 18.8 Å². The highest BCUT2D eigenvalue weighted by molar-refractivity contribution is 7.11. The first kappa shape index (κ1) is 15.5. The van der Waals surface area contributed by atoms with Crippen LogP contribution in [0.1, 0.15) is 36.4 Å². The zero-order chi connectivity index (χ0) is 13.6. The maximum atomic E-state index is 12.2. The molecule has 1 nitrogen and oxygen atoms in total. The summed E-state index contributed by atoms with van der Waals surface area (Å²) >= 11 is 1.70. The van der Waals surface area contributed by atoms with E-state index < -0.39 is 12.6 Å². The second-order valence-corrected chi connectivity index (χ2v) is 5.59. The molecular weight excluding hydrogens is 259 g/mol. The van der Waals surface area contributed by atoms with Crippen molar-refractivity contribution in [2.45, 2.75) is 51.7 Å². The zero-order valence-electron chi connectivity index (χ0n) is 10.8. The number of hydrogen-bond acceptors (Lipinski definition) is 2. The quantitative estimate of drug-likeness (QED) is 0.789. The summed E-state index contributed by atoms with van der Waals surface area (Å²) in [5, 5.41) is 3.14. The first-order valence-corrected chi connectivity index (χ1v) is 7.14. The van der Waals surface area contributed by atoms with Crippen LogP contribution in [0, 0.1) is 0 Å². The van der Waals surface area contributed by atoms with Gasteiger partial charge >= 0.3 is 6.18 Å². The molecule has 104 valence electrons. The first-order valence-electron chi connectivity index (χ1n) is 6.32. The van der Waals surface area contributed by atoms with Crippen molar-refractivity contribution in [2.75, 3.05) is 6.54 Å². The van der Waals surface area contributed by atoms with Crippen LogP contribution in [0.2, 0.25) is 0 Å². The van der Waals surface area contributed by atoms with Gasteiger partial charge in [0.15, 0.2) is 0 Å². The molecule has 0 spiro atoms. The SMILES string of the molecule is CCNC(CCC(F)(F)F)Cc1ccc(CC)s1. The molecule has 18 heavy (non-hydrogen) atoms. The Kier molecular flexibility index (Phi) is 6.15. The molecule has 0 radical (unpaired) electrons. The summed E-state index contributed by atoms with van der Waals surface area (Å²) in [5.41, 5.74) is 0. The van der Waals surface area contributed by atoms with E-state index in [1.807, 2.05) is 13.0 Å². The van der Waals surface area contributed by atoms with Crippen molar-refractivity contribution in [2.24, 2.45) is 0 Å². The number of likely N-dealkylation sites (N-methyl/N-ethyl adjacent to an activating group) is 1. The summed E-state index contributed by atoms with van der Waals surface area (Å²) in [6.45, 7) is 4.71. The van der Waals surface area contributed by atoms with Gasteiger partial charge in [0.1, 0.15) is 0 Å². The minimum absolute atomic E-state index is 0.0834. The molecule has 1 heterocycles. The predicted octanol–water partition coefficient (Wildman–Crippen LogP) is 4.17. The number of alkyl halides is 3. The summed E-state index contributed by atoms with van der Waals surface area (Å²) in [6, 6.07) is 4.01. The fourth-order valence-electron chi connectivity index (χ4n) is 1.87. The molecule has 1 unspecified atom stereocenters. The van der Waals surface area contributed by atoms with Crippen molar-refractivity contribution >= 4 is 11.3 Å². The van der Waals surface area contributed by atoms with Gasteiger partial charge in [-0.25, -0.2) is 0 Å². The molecule has 1 aromatic heterocycles. The van der Waals surface area contributed by atoms with Crippen LogP contribution in [0.4, 0.5) is 13.2 Å². The van der Waals surface area contributed by atoms with E-state index in [-0.39, 0.29) is 12.5 Å². The lowest BCUT2D eigenvalue weighted by molar-refractivity contribution is -0.136. The topological polar surface area (TPSA) is 12.0 Å². The Morgan fingerprint density at radius 2 is 1.89 bits per heavy atom.